The number of imidazole rings is 1. The number of aromatic nitrogens is 2. The highest BCUT2D eigenvalue weighted by atomic mass is 16.5. The Labute approximate surface area is 166 Å². The monoisotopic (exact) mass is 377 g/mol. The second-order valence-electron chi connectivity index (χ2n) is 6.94. The minimum atomic E-state index is -0.506. The molecular weight excluding hydrogens is 350 g/mol. The van der Waals surface area contributed by atoms with E-state index in [9.17, 15) is 4.79 Å². The summed E-state index contributed by atoms with van der Waals surface area (Å²) in [4.78, 5) is 16.8. The standard InChI is InChI=1S/C23H27N3O2/c1-5-21(28-22-8-6-7-16(2)17(22)3)23(27)25-15-19-9-11-20(12-10-19)26-14-13-24-18(26)4/h6-14,21H,5,15H2,1-4H3,(H,25,27). The first-order valence-corrected chi connectivity index (χ1v) is 9.59. The number of carbonyl (C=O) groups is 1. The second-order valence-corrected chi connectivity index (χ2v) is 6.94. The van der Waals surface area contributed by atoms with Crippen molar-refractivity contribution in [2.75, 3.05) is 0 Å². The SMILES string of the molecule is CCC(Oc1cccc(C)c1C)C(=O)NCc1ccc(-n2ccnc2C)cc1. The molecule has 146 valence electrons. The lowest BCUT2D eigenvalue weighted by atomic mass is 10.1. The fourth-order valence-electron chi connectivity index (χ4n) is 3.06. The number of hydrogen-bond donors (Lipinski definition) is 1. The van der Waals surface area contributed by atoms with Crippen molar-refractivity contribution in [1.29, 1.82) is 0 Å². The molecule has 0 saturated heterocycles. The molecule has 3 rings (SSSR count). The molecule has 1 N–H and O–H groups in total. The van der Waals surface area contributed by atoms with Crippen LogP contribution < -0.4 is 10.1 Å². The van der Waals surface area contributed by atoms with Gasteiger partial charge >= 0.3 is 0 Å². The van der Waals surface area contributed by atoms with E-state index in [4.69, 9.17) is 4.74 Å². The third kappa shape index (κ3) is 4.42. The number of hydrogen-bond acceptors (Lipinski definition) is 3. The van der Waals surface area contributed by atoms with Gasteiger partial charge in [0.15, 0.2) is 6.10 Å². The molecular formula is C23H27N3O2. The Morgan fingerprint density at radius 3 is 2.54 bits per heavy atom. The molecule has 0 aliphatic rings. The predicted molar refractivity (Wildman–Crippen MR) is 111 cm³/mol. The van der Waals surface area contributed by atoms with E-state index in [1.165, 1.54) is 0 Å². The van der Waals surface area contributed by atoms with Gasteiger partial charge < -0.3 is 14.6 Å². The Bertz CT molecular complexity index is 945. The molecule has 0 spiro atoms. The van der Waals surface area contributed by atoms with E-state index >= 15 is 0 Å². The second kappa shape index (κ2) is 8.74. The Balaban J connectivity index is 1.60. The molecule has 0 aliphatic heterocycles. The van der Waals surface area contributed by atoms with Crippen molar-refractivity contribution in [3.63, 3.8) is 0 Å². The first kappa shape index (κ1) is 19.7. The van der Waals surface area contributed by atoms with E-state index in [-0.39, 0.29) is 5.91 Å². The molecule has 1 amide bonds. The molecule has 1 aromatic heterocycles. The van der Waals surface area contributed by atoms with Gasteiger partial charge in [0.25, 0.3) is 5.91 Å². The maximum Gasteiger partial charge on any atom is 0.261 e. The van der Waals surface area contributed by atoms with E-state index < -0.39 is 6.10 Å². The molecule has 0 fully saturated rings. The van der Waals surface area contributed by atoms with Crippen LogP contribution in [0.4, 0.5) is 0 Å². The van der Waals surface area contributed by atoms with Crippen LogP contribution in [0.1, 0.15) is 35.9 Å². The van der Waals surface area contributed by atoms with Crippen molar-refractivity contribution in [2.24, 2.45) is 0 Å². The lowest BCUT2D eigenvalue weighted by Crippen LogP contribution is -2.37. The van der Waals surface area contributed by atoms with Gasteiger partial charge in [0.1, 0.15) is 11.6 Å². The van der Waals surface area contributed by atoms with Crippen molar-refractivity contribution in [3.8, 4) is 11.4 Å². The number of nitrogens with zero attached hydrogens (tertiary/aromatic N) is 2. The summed E-state index contributed by atoms with van der Waals surface area (Å²) in [5.41, 5.74) is 4.31. The molecule has 1 unspecified atom stereocenters. The normalized spacial score (nSPS) is 11.9. The summed E-state index contributed by atoms with van der Waals surface area (Å²) in [6, 6.07) is 14.0. The molecule has 1 heterocycles. The average Bonchev–Trinajstić information content (AvgIpc) is 3.13. The highest BCUT2D eigenvalue weighted by molar-refractivity contribution is 5.81. The zero-order chi connectivity index (χ0) is 20.1. The van der Waals surface area contributed by atoms with Gasteiger partial charge in [-0.05, 0) is 62.1 Å². The third-order valence-electron chi connectivity index (χ3n) is 4.99. The van der Waals surface area contributed by atoms with Gasteiger partial charge in [-0.2, -0.15) is 0 Å². The quantitative estimate of drug-likeness (QED) is 0.669. The summed E-state index contributed by atoms with van der Waals surface area (Å²) >= 11 is 0. The van der Waals surface area contributed by atoms with Gasteiger partial charge in [-0.25, -0.2) is 4.98 Å². The summed E-state index contributed by atoms with van der Waals surface area (Å²) in [5.74, 6) is 1.61. The van der Waals surface area contributed by atoms with Crippen LogP contribution in [0.3, 0.4) is 0 Å². The fourth-order valence-corrected chi connectivity index (χ4v) is 3.06. The molecule has 3 aromatic rings. The summed E-state index contributed by atoms with van der Waals surface area (Å²) in [5, 5.41) is 2.99. The zero-order valence-electron chi connectivity index (χ0n) is 16.9. The zero-order valence-corrected chi connectivity index (χ0v) is 16.9. The van der Waals surface area contributed by atoms with Crippen LogP contribution in [0.2, 0.25) is 0 Å². The number of amides is 1. The average molecular weight is 377 g/mol. The maximum atomic E-state index is 12.6. The lowest BCUT2D eigenvalue weighted by Gasteiger charge is -2.19. The first-order valence-electron chi connectivity index (χ1n) is 9.59. The number of nitrogens with one attached hydrogen (secondary N) is 1. The third-order valence-corrected chi connectivity index (χ3v) is 4.99. The molecule has 2 aromatic carbocycles. The first-order chi connectivity index (χ1) is 13.5. The van der Waals surface area contributed by atoms with E-state index in [0.717, 1.165) is 34.0 Å². The van der Waals surface area contributed by atoms with E-state index in [1.54, 1.807) is 6.20 Å². The van der Waals surface area contributed by atoms with Crippen LogP contribution in [-0.2, 0) is 11.3 Å². The van der Waals surface area contributed by atoms with E-state index in [1.807, 2.05) is 80.9 Å². The fraction of sp³-hybridized carbons (Fsp3) is 0.304. The van der Waals surface area contributed by atoms with E-state index in [2.05, 4.69) is 10.3 Å². The van der Waals surface area contributed by atoms with Gasteiger partial charge in [-0.1, -0.05) is 31.2 Å². The van der Waals surface area contributed by atoms with Gasteiger partial charge in [0.2, 0.25) is 0 Å². The van der Waals surface area contributed by atoms with Crippen molar-refractivity contribution in [3.05, 3.63) is 77.4 Å². The minimum absolute atomic E-state index is 0.0991. The molecule has 5 heteroatoms. The van der Waals surface area contributed by atoms with Crippen LogP contribution in [0.15, 0.2) is 54.9 Å². The molecule has 5 nitrogen and oxygen atoms in total. The Kier molecular flexibility index (Phi) is 6.14. The van der Waals surface area contributed by atoms with Gasteiger partial charge in [0, 0.05) is 24.6 Å². The number of rotatable bonds is 7. The summed E-state index contributed by atoms with van der Waals surface area (Å²) in [7, 11) is 0. The Hall–Kier alpha value is -3.08. The molecule has 28 heavy (non-hydrogen) atoms. The molecule has 0 radical (unpaired) electrons. The largest absolute Gasteiger partial charge is 0.480 e. The summed E-state index contributed by atoms with van der Waals surface area (Å²) < 4.78 is 8.01. The molecule has 1 atom stereocenters. The Morgan fingerprint density at radius 1 is 1.14 bits per heavy atom. The van der Waals surface area contributed by atoms with Crippen LogP contribution in [0.5, 0.6) is 5.75 Å². The highest BCUT2D eigenvalue weighted by Gasteiger charge is 2.19. The van der Waals surface area contributed by atoms with Crippen molar-refractivity contribution < 1.29 is 9.53 Å². The highest BCUT2D eigenvalue weighted by Crippen LogP contribution is 2.22. The topological polar surface area (TPSA) is 56.1 Å². The van der Waals surface area contributed by atoms with Gasteiger partial charge in [0.05, 0.1) is 0 Å². The van der Waals surface area contributed by atoms with Crippen molar-refractivity contribution in [1.82, 2.24) is 14.9 Å². The van der Waals surface area contributed by atoms with Crippen LogP contribution in [0, 0.1) is 20.8 Å². The van der Waals surface area contributed by atoms with Gasteiger partial charge in [-0.3, -0.25) is 4.79 Å². The molecule has 0 saturated carbocycles. The van der Waals surface area contributed by atoms with Crippen molar-refractivity contribution >= 4 is 5.91 Å². The summed E-state index contributed by atoms with van der Waals surface area (Å²) in [6.07, 6.45) is 3.82. The minimum Gasteiger partial charge on any atom is -0.480 e. The van der Waals surface area contributed by atoms with Gasteiger partial charge in [-0.15, -0.1) is 0 Å². The molecule has 0 bridgehead atoms. The van der Waals surface area contributed by atoms with E-state index in [0.29, 0.717) is 13.0 Å². The lowest BCUT2D eigenvalue weighted by molar-refractivity contribution is -0.128. The predicted octanol–water partition coefficient (Wildman–Crippen LogP) is 4.27. The number of benzene rings is 2. The maximum absolute atomic E-state index is 12.6. The Morgan fingerprint density at radius 2 is 1.89 bits per heavy atom. The smallest absolute Gasteiger partial charge is 0.261 e. The number of aryl methyl sites for hydroxylation is 2. The van der Waals surface area contributed by atoms with Crippen molar-refractivity contribution in [2.45, 2.75) is 46.8 Å². The van der Waals surface area contributed by atoms with Crippen LogP contribution >= 0.6 is 0 Å². The van der Waals surface area contributed by atoms with Crippen LogP contribution in [-0.4, -0.2) is 21.6 Å². The number of ether oxygens (including phenoxy) is 1. The number of carbonyl (C=O) groups excluding carboxylic acids is 1. The van der Waals surface area contributed by atoms with Crippen LogP contribution in [0.25, 0.3) is 5.69 Å². The summed E-state index contributed by atoms with van der Waals surface area (Å²) in [6.45, 7) is 8.44. The molecule has 0 aliphatic carbocycles.